The van der Waals surface area contributed by atoms with Crippen molar-refractivity contribution in [3.63, 3.8) is 0 Å². The highest BCUT2D eigenvalue weighted by Gasteiger charge is 2.72. The number of carboxylic acid groups (broad SMARTS) is 2. The Morgan fingerprint density at radius 3 is 2.49 bits per heavy atom. The van der Waals surface area contributed by atoms with E-state index in [1.165, 1.54) is 6.92 Å². The van der Waals surface area contributed by atoms with Crippen LogP contribution in [0.3, 0.4) is 0 Å². The molecule has 4 aliphatic rings. The average Bonchev–Trinajstić information content (AvgIpc) is 3.29. The van der Waals surface area contributed by atoms with Crippen LogP contribution in [0.15, 0.2) is 24.0 Å². The minimum absolute atomic E-state index is 0.0713. The molecule has 14 nitrogen and oxygen atoms in total. The molecule has 0 radical (unpaired) electrons. The third-order valence-electron chi connectivity index (χ3n) is 9.09. The van der Waals surface area contributed by atoms with Crippen molar-refractivity contribution in [3.8, 4) is 5.75 Å². The molecule has 43 heavy (non-hydrogen) atoms. The van der Waals surface area contributed by atoms with Gasteiger partial charge in [0.25, 0.3) is 0 Å². The molecule has 0 saturated carbocycles. The molecule has 1 saturated heterocycles. The third-order valence-corrected chi connectivity index (χ3v) is 9.09. The first-order valence-electron chi connectivity index (χ1n) is 13.8. The Morgan fingerprint density at radius 1 is 1.14 bits per heavy atom. The van der Waals surface area contributed by atoms with Crippen molar-refractivity contribution >= 4 is 29.8 Å². The van der Waals surface area contributed by atoms with E-state index in [1.807, 2.05) is 13.1 Å². The van der Waals surface area contributed by atoms with Gasteiger partial charge in [0, 0.05) is 30.5 Å². The van der Waals surface area contributed by atoms with Gasteiger partial charge < -0.3 is 44.3 Å². The molecule has 5 rings (SSSR count). The first-order chi connectivity index (χ1) is 20.2. The maximum absolute atomic E-state index is 13.4. The van der Waals surface area contributed by atoms with Crippen molar-refractivity contribution in [2.24, 2.45) is 5.92 Å². The predicted octanol–water partition coefficient (Wildman–Crippen LogP) is 0.0387. The van der Waals surface area contributed by atoms with Crippen LogP contribution in [0.2, 0.25) is 0 Å². The van der Waals surface area contributed by atoms with Crippen molar-refractivity contribution in [1.82, 2.24) is 4.90 Å². The van der Waals surface area contributed by atoms with Crippen molar-refractivity contribution in [1.29, 1.82) is 0 Å². The number of likely N-dealkylation sites (N-methyl/N-ethyl adjacent to an activating group) is 1. The monoisotopic (exact) mass is 603 g/mol. The van der Waals surface area contributed by atoms with Gasteiger partial charge in [0.15, 0.2) is 6.10 Å². The number of carbonyl (C=O) groups is 5. The van der Waals surface area contributed by atoms with Gasteiger partial charge in [-0.1, -0.05) is 12.1 Å². The molecular weight excluding hydrogens is 570 g/mol. The molecule has 0 amide bonds. The molecule has 4 N–H and O–H groups in total. The lowest BCUT2D eigenvalue weighted by atomic mass is 9.50. The number of carbonyl (C=O) groups excluding carboxylic acids is 3. The van der Waals surface area contributed by atoms with Crippen LogP contribution in [0.1, 0.15) is 49.8 Å². The van der Waals surface area contributed by atoms with Gasteiger partial charge in [-0.15, -0.1) is 0 Å². The molecule has 14 heteroatoms. The zero-order valence-electron chi connectivity index (χ0n) is 23.8. The molecule has 0 unspecified atom stereocenters. The maximum Gasteiger partial charge on any atom is 0.349 e. The first kappa shape index (κ1) is 30.4. The quantitative estimate of drug-likeness (QED) is 0.206. The minimum Gasteiger partial charge on any atom is -0.481 e. The Hall–Kier alpha value is -4.01. The van der Waals surface area contributed by atoms with Crippen LogP contribution < -0.4 is 4.74 Å². The van der Waals surface area contributed by atoms with Crippen LogP contribution in [0.25, 0.3) is 0 Å². The van der Waals surface area contributed by atoms with Gasteiger partial charge in [-0.05, 0) is 45.0 Å². The Balaban J connectivity index is 1.45. The van der Waals surface area contributed by atoms with E-state index in [4.69, 9.17) is 24.1 Å². The Labute approximate surface area is 245 Å². The Morgan fingerprint density at radius 2 is 1.86 bits per heavy atom. The standard InChI is InChI=1S/C29H33NO13/c1-13(22(40-14(2)32)27(38)42-18(25(35)36)11-20(33)34)26(37)41-17-6-7-29(39)19-10-15-4-5-16(12-31)23-21(15)28(29,24(17)43-23)8-9-30(19)3/h4-6,13,18-19,22,24,31,39H,7-12H2,1-3H3,(H,33,34)(H,35,36)/t13-,18+,19-,22-,24+,28+,29-/m1/s1. The van der Waals surface area contributed by atoms with Gasteiger partial charge in [-0.2, -0.15) is 0 Å². The smallest absolute Gasteiger partial charge is 0.349 e. The molecule has 1 spiro atoms. The van der Waals surface area contributed by atoms with Crippen molar-refractivity contribution in [3.05, 3.63) is 40.7 Å². The second-order valence-corrected chi connectivity index (χ2v) is 11.5. The molecule has 1 aromatic rings. The highest BCUT2D eigenvalue weighted by Crippen LogP contribution is 2.64. The normalized spacial score (nSPS) is 28.7. The van der Waals surface area contributed by atoms with Gasteiger partial charge in [0.1, 0.15) is 17.4 Å². The highest BCUT2D eigenvalue weighted by molar-refractivity contribution is 5.88. The summed E-state index contributed by atoms with van der Waals surface area (Å²) in [6.07, 6.45) is -3.35. The molecule has 1 aromatic carbocycles. The number of likely N-dealkylation sites (tertiary alicyclic amines) is 1. The van der Waals surface area contributed by atoms with Crippen molar-refractivity contribution in [2.45, 2.75) is 81.5 Å². The molecule has 2 aliphatic heterocycles. The van der Waals surface area contributed by atoms with Crippen LogP contribution >= 0.6 is 0 Å². The van der Waals surface area contributed by atoms with Crippen molar-refractivity contribution in [2.75, 3.05) is 13.6 Å². The second kappa shape index (κ2) is 10.9. The third kappa shape index (κ3) is 4.73. The number of rotatable bonds is 10. The largest absolute Gasteiger partial charge is 0.481 e. The number of hydrogen-bond acceptors (Lipinski definition) is 12. The fourth-order valence-corrected chi connectivity index (χ4v) is 7.04. The Kier molecular flexibility index (Phi) is 7.73. The predicted molar refractivity (Wildman–Crippen MR) is 141 cm³/mol. The van der Waals surface area contributed by atoms with Crippen LogP contribution in [0.5, 0.6) is 5.75 Å². The molecule has 2 aliphatic carbocycles. The summed E-state index contributed by atoms with van der Waals surface area (Å²) in [7, 11) is 1.94. The number of ether oxygens (including phenoxy) is 4. The van der Waals surface area contributed by atoms with Gasteiger partial charge in [-0.3, -0.25) is 14.4 Å². The van der Waals surface area contributed by atoms with Gasteiger partial charge in [0.2, 0.25) is 12.2 Å². The average molecular weight is 604 g/mol. The molecule has 1 fully saturated rings. The van der Waals surface area contributed by atoms with E-state index < -0.39 is 71.5 Å². The van der Waals surface area contributed by atoms with E-state index in [1.54, 1.807) is 12.1 Å². The van der Waals surface area contributed by atoms with Crippen LogP contribution in [0, 0.1) is 5.92 Å². The SMILES string of the molecule is CC(=O)O[C@@H](C(=O)O[C@@H](CC(=O)O)C(=O)O)[C@@H](C)C(=O)OC1=CC[C@@]2(O)[C@H]3Cc4ccc(CO)c5c4[C@@]2(CCN3C)[C@H]1O5. The van der Waals surface area contributed by atoms with E-state index in [9.17, 15) is 39.3 Å². The molecule has 232 valence electrons. The zero-order valence-corrected chi connectivity index (χ0v) is 23.8. The summed E-state index contributed by atoms with van der Waals surface area (Å²) in [5.41, 5.74) is -0.00757. The second-order valence-electron chi connectivity index (χ2n) is 11.5. The van der Waals surface area contributed by atoms with Crippen LogP contribution in [-0.4, -0.2) is 98.7 Å². The molecule has 0 aromatic heterocycles. The summed E-state index contributed by atoms with van der Waals surface area (Å²) >= 11 is 0. The summed E-state index contributed by atoms with van der Waals surface area (Å²) in [4.78, 5) is 62.6. The molecule has 2 bridgehead atoms. The lowest BCUT2D eigenvalue weighted by Gasteiger charge is -2.61. The van der Waals surface area contributed by atoms with E-state index >= 15 is 0 Å². The van der Waals surface area contributed by atoms with E-state index in [-0.39, 0.29) is 24.8 Å². The van der Waals surface area contributed by atoms with E-state index in [0.717, 1.165) is 18.1 Å². The van der Waals surface area contributed by atoms with Gasteiger partial charge >= 0.3 is 29.8 Å². The summed E-state index contributed by atoms with van der Waals surface area (Å²) in [6.45, 7) is 2.48. The molecule has 7 atom stereocenters. The first-order valence-corrected chi connectivity index (χ1v) is 13.8. The maximum atomic E-state index is 13.4. The van der Waals surface area contributed by atoms with Gasteiger partial charge in [-0.25, -0.2) is 9.59 Å². The van der Waals surface area contributed by atoms with E-state index in [0.29, 0.717) is 30.7 Å². The molecule has 2 heterocycles. The number of carboxylic acids is 2. The topological polar surface area (TPSA) is 206 Å². The molecular formula is C29H33NO13. The number of aliphatic hydroxyl groups excluding tert-OH is 1. The summed E-state index contributed by atoms with van der Waals surface area (Å²) in [6, 6.07) is 3.43. The van der Waals surface area contributed by atoms with Crippen LogP contribution in [0.4, 0.5) is 0 Å². The van der Waals surface area contributed by atoms with Crippen molar-refractivity contribution < 1.29 is 63.3 Å². The number of aliphatic carboxylic acids is 2. The van der Waals surface area contributed by atoms with E-state index in [2.05, 4.69) is 4.90 Å². The van der Waals surface area contributed by atoms with Gasteiger partial charge in [0.05, 0.1) is 24.0 Å². The number of aliphatic hydroxyl groups is 2. The number of nitrogens with zero attached hydrogens (tertiary/aromatic N) is 1. The summed E-state index contributed by atoms with van der Waals surface area (Å²) in [5.74, 6) is -7.76. The number of piperidine rings is 1. The zero-order chi connectivity index (χ0) is 31.4. The Bertz CT molecular complexity index is 1420. The number of hydrogen-bond donors (Lipinski definition) is 4. The highest BCUT2D eigenvalue weighted by atomic mass is 16.6. The lowest BCUT2D eigenvalue weighted by molar-refractivity contribution is -0.185. The number of benzene rings is 1. The summed E-state index contributed by atoms with van der Waals surface area (Å²) in [5, 5.41) is 40.5. The summed E-state index contributed by atoms with van der Waals surface area (Å²) < 4.78 is 22.0. The fraction of sp³-hybridized carbons (Fsp3) is 0.552. The number of esters is 3. The lowest BCUT2D eigenvalue weighted by Crippen LogP contribution is -2.74. The fourth-order valence-electron chi connectivity index (χ4n) is 7.04. The van der Waals surface area contributed by atoms with Crippen LogP contribution in [-0.2, 0) is 56.6 Å². The minimum atomic E-state index is -2.09.